The molecular formula is C22H18Cl2N2O2. The molecule has 142 valence electrons. The summed E-state index contributed by atoms with van der Waals surface area (Å²) in [5.74, 6) is -1.10. The van der Waals surface area contributed by atoms with Gasteiger partial charge in [-0.1, -0.05) is 59.6 Å². The third kappa shape index (κ3) is 3.82. The fraction of sp³-hybridized carbons (Fsp3) is 0.227. The predicted molar refractivity (Wildman–Crippen MR) is 113 cm³/mol. The molecule has 2 aromatic carbocycles. The first kappa shape index (κ1) is 20.1. The topological polar surface area (TPSA) is 43.0 Å². The fourth-order valence-electron chi connectivity index (χ4n) is 3.34. The van der Waals surface area contributed by atoms with Crippen LogP contribution >= 0.6 is 23.2 Å². The molecule has 0 aromatic heterocycles. The monoisotopic (exact) mass is 412 g/mol. The lowest BCUT2D eigenvalue weighted by molar-refractivity contribution is -0.138. The quantitative estimate of drug-likeness (QED) is 0.469. The van der Waals surface area contributed by atoms with Crippen LogP contribution in [-0.2, 0) is 9.53 Å². The van der Waals surface area contributed by atoms with E-state index in [4.69, 9.17) is 34.5 Å². The van der Waals surface area contributed by atoms with Crippen molar-refractivity contribution in [2.45, 2.75) is 25.8 Å². The first-order valence-corrected chi connectivity index (χ1v) is 9.57. The first-order valence-electron chi connectivity index (χ1n) is 8.81. The largest absolute Gasteiger partial charge is 0.463 e. The summed E-state index contributed by atoms with van der Waals surface area (Å²) in [6, 6.07) is 13.8. The number of nitrogens with zero attached hydrogens (tertiary/aromatic N) is 2. The number of halogens is 2. The number of carbonyl (C=O) groups excluding carboxylic acids is 1. The molecule has 0 fully saturated rings. The van der Waals surface area contributed by atoms with E-state index >= 15 is 0 Å². The lowest BCUT2D eigenvalue weighted by Gasteiger charge is -2.27. The molecule has 0 saturated heterocycles. The van der Waals surface area contributed by atoms with Crippen LogP contribution in [0.2, 0.25) is 10.0 Å². The zero-order valence-corrected chi connectivity index (χ0v) is 17.0. The predicted octanol–water partition coefficient (Wildman–Crippen LogP) is 5.81. The zero-order valence-electron chi connectivity index (χ0n) is 15.4. The van der Waals surface area contributed by atoms with Gasteiger partial charge in [0.1, 0.15) is 5.92 Å². The Hall–Kier alpha value is -2.61. The standard InChI is InChI=1S/C22H18Cl2N2O2/c1-4-28-22(27)19-18(16-11-10-15(23)12-17(16)24)20(25-3)13(2)26-21(19)14-8-6-5-7-9-14/h5-12,18,20H,4H2,1-2H3. The smallest absolute Gasteiger partial charge is 0.337 e. The fourth-order valence-corrected chi connectivity index (χ4v) is 3.87. The summed E-state index contributed by atoms with van der Waals surface area (Å²) < 4.78 is 5.34. The molecule has 0 N–H and O–H groups in total. The maximum Gasteiger partial charge on any atom is 0.337 e. The summed E-state index contributed by atoms with van der Waals surface area (Å²) in [5.41, 5.74) is 2.90. The van der Waals surface area contributed by atoms with E-state index in [2.05, 4.69) is 9.84 Å². The van der Waals surface area contributed by atoms with Crippen molar-refractivity contribution < 1.29 is 9.53 Å². The van der Waals surface area contributed by atoms with Gasteiger partial charge in [-0.3, -0.25) is 0 Å². The van der Waals surface area contributed by atoms with Crippen LogP contribution in [-0.4, -0.2) is 24.3 Å². The molecule has 1 aliphatic heterocycles. The Balaban J connectivity index is 2.32. The van der Waals surface area contributed by atoms with Crippen molar-refractivity contribution in [2.75, 3.05) is 6.61 Å². The Kier molecular flexibility index (Phi) is 6.18. The van der Waals surface area contributed by atoms with Crippen LogP contribution in [0, 0.1) is 6.57 Å². The van der Waals surface area contributed by atoms with Crippen LogP contribution < -0.4 is 0 Å². The van der Waals surface area contributed by atoms with Gasteiger partial charge in [0.2, 0.25) is 0 Å². The molecule has 0 bridgehead atoms. The maximum absolute atomic E-state index is 13.0. The van der Waals surface area contributed by atoms with Gasteiger partial charge < -0.3 is 9.58 Å². The van der Waals surface area contributed by atoms with Crippen LogP contribution in [0.3, 0.4) is 0 Å². The SMILES string of the molecule is [C-]#[N+]C1C(C)=NC(c2ccccc2)=C(C(=O)OCC)C1c1ccc(Cl)cc1Cl. The van der Waals surface area contributed by atoms with Crippen molar-refractivity contribution in [2.24, 2.45) is 4.99 Å². The van der Waals surface area contributed by atoms with E-state index in [0.717, 1.165) is 5.56 Å². The highest BCUT2D eigenvalue weighted by molar-refractivity contribution is 6.35. The molecule has 0 saturated carbocycles. The molecule has 1 aliphatic rings. The van der Waals surface area contributed by atoms with Gasteiger partial charge in [-0.05, 0) is 31.5 Å². The minimum Gasteiger partial charge on any atom is -0.463 e. The number of aliphatic imine (C=N–C) groups is 1. The lowest BCUT2D eigenvalue weighted by Crippen LogP contribution is -2.32. The van der Waals surface area contributed by atoms with Crippen molar-refractivity contribution in [3.8, 4) is 0 Å². The highest BCUT2D eigenvalue weighted by Crippen LogP contribution is 2.43. The summed E-state index contributed by atoms with van der Waals surface area (Å²) in [4.78, 5) is 21.4. The van der Waals surface area contributed by atoms with E-state index < -0.39 is 17.9 Å². The van der Waals surface area contributed by atoms with Crippen LogP contribution in [0.15, 0.2) is 59.1 Å². The lowest BCUT2D eigenvalue weighted by atomic mass is 9.79. The Morgan fingerprint density at radius 1 is 1.21 bits per heavy atom. The van der Waals surface area contributed by atoms with Gasteiger partial charge in [0.05, 0.1) is 23.6 Å². The van der Waals surface area contributed by atoms with E-state index in [0.29, 0.717) is 32.6 Å². The van der Waals surface area contributed by atoms with Gasteiger partial charge >= 0.3 is 5.97 Å². The highest BCUT2D eigenvalue weighted by atomic mass is 35.5. The molecule has 0 radical (unpaired) electrons. The summed E-state index contributed by atoms with van der Waals surface area (Å²) >= 11 is 12.5. The molecule has 3 rings (SSSR count). The number of hydrogen-bond donors (Lipinski definition) is 0. The van der Waals surface area contributed by atoms with E-state index in [-0.39, 0.29) is 6.61 Å². The van der Waals surface area contributed by atoms with Gasteiger partial charge in [-0.25, -0.2) is 16.4 Å². The summed E-state index contributed by atoms with van der Waals surface area (Å²) in [6.07, 6.45) is 0. The molecule has 2 atom stereocenters. The van der Waals surface area contributed by atoms with Crippen LogP contribution in [0.5, 0.6) is 0 Å². The van der Waals surface area contributed by atoms with Gasteiger partial charge in [0.15, 0.2) is 0 Å². The maximum atomic E-state index is 13.0. The molecule has 0 aliphatic carbocycles. The van der Waals surface area contributed by atoms with Gasteiger partial charge in [-0.2, -0.15) is 0 Å². The van der Waals surface area contributed by atoms with E-state index in [1.165, 1.54) is 0 Å². The Morgan fingerprint density at radius 2 is 1.93 bits per heavy atom. The summed E-state index contributed by atoms with van der Waals surface area (Å²) in [7, 11) is 0. The molecule has 2 aromatic rings. The number of rotatable bonds is 4. The van der Waals surface area contributed by atoms with Gasteiger partial charge in [0, 0.05) is 15.6 Å². The highest BCUT2D eigenvalue weighted by Gasteiger charge is 2.43. The summed E-state index contributed by atoms with van der Waals surface area (Å²) in [5, 5.41) is 0.884. The van der Waals surface area contributed by atoms with Crippen molar-refractivity contribution in [1.82, 2.24) is 0 Å². The van der Waals surface area contributed by atoms with E-state index in [1.807, 2.05) is 30.3 Å². The van der Waals surface area contributed by atoms with E-state index in [1.54, 1.807) is 32.0 Å². The summed E-state index contributed by atoms with van der Waals surface area (Å²) in [6.45, 7) is 11.5. The second-order valence-corrected chi connectivity index (χ2v) is 7.16. The third-order valence-electron chi connectivity index (χ3n) is 4.58. The Morgan fingerprint density at radius 3 is 2.54 bits per heavy atom. The molecule has 0 amide bonds. The second-order valence-electron chi connectivity index (χ2n) is 6.32. The molecule has 0 spiro atoms. The van der Waals surface area contributed by atoms with Crippen LogP contribution in [0.4, 0.5) is 0 Å². The Labute approximate surface area is 174 Å². The number of benzene rings is 2. The van der Waals surface area contributed by atoms with Crippen LogP contribution in [0.1, 0.15) is 30.9 Å². The average molecular weight is 413 g/mol. The molecular weight excluding hydrogens is 395 g/mol. The molecule has 1 heterocycles. The normalized spacial score (nSPS) is 19.0. The second kappa shape index (κ2) is 8.60. The first-order chi connectivity index (χ1) is 13.5. The minimum atomic E-state index is -0.662. The van der Waals surface area contributed by atoms with Crippen LogP contribution in [0.25, 0.3) is 10.5 Å². The zero-order chi connectivity index (χ0) is 20.3. The molecule has 6 heteroatoms. The number of ether oxygens (including phenoxy) is 1. The van der Waals surface area contributed by atoms with Crippen molar-refractivity contribution in [3.05, 3.63) is 86.7 Å². The van der Waals surface area contributed by atoms with Crippen molar-refractivity contribution >= 4 is 40.6 Å². The van der Waals surface area contributed by atoms with E-state index in [9.17, 15) is 4.79 Å². The van der Waals surface area contributed by atoms with Gasteiger partial charge in [-0.15, -0.1) is 0 Å². The number of carbonyl (C=O) groups is 1. The Bertz CT molecular complexity index is 1010. The molecule has 4 nitrogen and oxygen atoms in total. The van der Waals surface area contributed by atoms with Crippen molar-refractivity contribution in [1.29, 1.82) is 0 Å². The average Bonchev–Trinajstić information content (AvgIpc) is 2.68. The van der Waals surface area contributed by atoms with Gasteiger partial charge in [0.25, 0.3) is 6.04 Å². The number of hydrogen-bond acceptors (Lipinski definition) is 3. The molecule has 28 heavy (non-hydrogen) atoms. The number of esters is 1. The minimum absolute atomic E-state index is 0.219. The third-order valence-corrected chi connectivity index (χ3v) is 5.14. The van der Waals surface area contributed by atoms with Crippen molar-refractivity contribution in [3.63, 3.8) is 0 Å². The molecule has 2 unspecified atom stereocenters.